The molecule has 6 nitrogen and oxygen atoms in total. The highest BCUT2D eigenvalue weighted by Gasteiger charge is 2.21. The zero-order valence-corrected chi connectivity index (χ0v) is 14.0. The molecule has 0 unspecified atom stereocenters. The van der Waals surface area contributed by atoms with E-state index < -0.39 is 0 Å². The van der Waals surface area contributed by atoms with Crippen LogP contribution in [0.15, 0.2) is 24.4 Å². The van der Waals surface area contributed by atoms with Gasteiger partial charge in [0.15, 0.2) is 11.5 Å². The molecule has 2 heterocycles. The average Bonchev–Trinajstić information content (AvgIpc) is 2.87. The van der Waals surface area contributed by atoms with E-state index in [1.807, 2.05) is 44.2 Å². The summed E-state index contributed by atoms with van der Waals surface area (Å²) in [6.07, 6.45) is 1.72. The number of amides is 1. The van der Waals surface area contributed by atoms with Crippen molar-refractivity contribution in [1.82, 2.24) is 14.8 Å². The molecular formula is C16H23N5O. The maximum absolute atomic E-state index is 12.7. The molecule has 0 radical (unpaired) electrons. The summed E-state index contributed by atoms with van der Waals surface area (Å²) in [5, 5.41) is 4.34. The molecule has 0 fully saturated rings. The van der Waals surface area contributed by atoms with Crippen LogP contribution in [0.1, 0.15) is 35.9 Å². The van der Waals surface area contributed by atoms with Gasteiger partial charge in [-0.05, 0) is 24.1 Å². The van der Waals surface area contributed by atoms with Crippen molar-refractivity contribution in [2.45, 2.75) is 19.8 Å². The van der Waals surface area contributed by atoms with Gasteiger partial charge in [0, 0.05) is 40.1 Å². The van der Waals surface area contributed by atoms with Crippen LogP contribution < -0.4 is 9.80 Å². The summed E-state index contributed by atoms with van der Waals surface area (Å²) in [6, 6.07) is 5.56. The summed E-state index contributed by atoms with van der Waals surface area (Å²) < 4.78 is 1.77. The van der Waals surface area contributed by atoms with E-state index in [4.69, 9.17) is 0 Å². The van der Waals surface area contributed by atoms with Gasteiger partial charge in [0.25, 0.3) is 5.91 Å². The molecule has 0 atom stereocenters. The second-order valence-electron chi connectivity index (χ2n) is 5.84. The molecule has 1 amide bonds. The van der Waals surface area contributed by atoms with Crippen molar-refractivity contribution in [3.8, 4) is 0 Å². The van der Waals surface area contributed by atoms with Gasteiger partial charge in [-0.1, -0.05) is 13.8 Å². The minimum Gasteiger partial charge on any atom is -0.361 e. The summed E-state index contributed by atoms with van der Waals surface area (Å²) >= 11 is 0. The molecule has 0 aliphatic carbocycles. The zero-order chi connectivity index (χ0) is 16.4. The van der Waals surface area contributed by atoms with E-state index in [1.54, 1.807) is 22.8 Å². The lowest BCUT2D eigenvalue weighted by Gasteiger charge is -2.22. The maximum Gasteiger partial charge on any atom is 0.278 e. The van der Waals surface area contributed by atoms with E-state index in [9.17, 15) is 4.79 Å². The Kier molecular flexibility index (Phi) is 4.49. The first-order valence-corrected chi connectivity index (χ1v) is 7.27. The van der Waals surface area contributed by atoms with Crippen molar-refractivity contribution in [3.63, 3.8) is 0 Å². The van der Waals surface area contributed by atoms with Gasteiger partial charge in [-0.3, -0.25) is 9.48 Å². The van der Waals surface area contributed by atoms with E-state index in [0.717, 1.165) is 17.2 Å². The lowest BCUT2D eigenvalue weighted by Crippen LogP contribution is -2.29. The van der Waals surface area contributed by atoms with Crippen LogP contribution >= 0.6 is 0 Å². The van der Waals surface area contributed by atoms with Crippen molar-refractivity contribution in [2.75, 3.05) is 30.9 Å². The Bertz CT molecular complexity index is 675. The molecule has 2 aromatic rings. The Morgan fingerprint density at radius 3 is 2.50 bits per heavy atom. The highest BCUT2D eigenvalue weighted by atomic mass is 16.2. The van der Waals surface area contributed by atoms with E-state index >= 15 is 0 Å². The third kappa shape index (κ3) is 2.95. The quantitative estimate of drug-likeness (QED) is 0.869. The average molecular weight is 301 g/mol. The van der Waals surface area contributed by atoms with Gasteiger partial charge < -0.3 is 9.80 Å². The molecule has 118 valence electrons. The first-order chi connectivity index (χ1) is 10.3. The first kappa shape index (κ1) is 16.0. The third-order valence-corrected chi connectivity index (χ3v) is 3.58. The number of carbonyl (C=O) groups excluding carboxylic acids is 1. The Morgan fingerprint density at radius 2 is 1.95 bits per heavy atom. The van der Waals surface area contributed by atoms with Crippen LogP contribution in [0, 0.1) is 0 Å². The first-order valence-electron chi connectivity index (χ1n) is 7.27. The maximum atomic E-state index is 12.7. The molecule has 2 aromatic heterocycles. The van der Waals surface area contributed by atoms with Crippen molar-refractivity contribution < 1.29 is 4.79 Å². The second kappa shape index (κ2) is 6.17. The van der Waals surface area contributed by atoms with Gasteiger partial charge >= 0.3 is 0 Å². The van der Waals surface area contributed by atoms with Crippen LogP contribution in [0.3, 0.4) is 0 Å². The predicted molar refractivity (Wildman–Crippen MR) is 88.6 cm³/mol. The van der Waals surface area contributed by atoms with E-state index in [1.165, 1.54) is 0 Å². The minimum atomic E-state index is -0.140. The number of nitrogens with zero attached hydrogens (tertiary/aromatic N) is 5. The number of rotatable bonds is 4. The summed E-state index contributed by atoms with van der Waals surface area (Å²) in [7, 11) is 7.42. The Labute approximate surface area is 131 Å². The SMILES string of the molecule is CC(C)c1cc(C(=O)N(C)c2cccnc2N(C)C)nn1C. The molecule has 6 heteroatoms. The highest BCUT2D eigenvalue weighted by Crippen LogP contribution is 2.25. The van der Waals surface area contributed by atoms with E-state index in [-0.39, 0.29) is 5.91 Å². The molecule has 0 N–H and O–H groups in total. The van der Waals surface area contributed by atoms with Crippen molar-refractivity contribution in [1.29, 1.82) is 0 Å². The number of carbonyl (C=O) groups is 1. The molecule has 0 saturated carbocycles. The number of hydrogen-bond acceptors (Lipinski definition) is 4. The van der Waals surface area contributed by atoms with Crippen molar-refractivity contribution in [2.24, 2.45) is 7.05 Å². The van der Waals surface area contributed by atoms with Crippen LogP contribution in [-0.2, 0) is 7.05 Å². The topological polar surface area (TPSA) is 54.3 Å². The number of hydrogen-bond donors (Lipinski definition) is 0. The number of aromatic nitrogens is 3. The molecule has 0 aliphatic heterocycles. The fourth-order valence-corrected chi connectivity index (χ4v) is 2.40. The van der Waals surface area contributed by atoms with Crippen LogP contribution in [0.4, 0.5) is 11.5 Å². The molecule has 0 spiro atoms. The zero-order valence-electron chi connectivity index (χ0n) is 14.0. The predicted octanol–water partition coefficient (Wildman–Crippen LogP) is 2.28. The van der Waals surface area contributed by atoms with E-state index in [0.29, 0.717) is 11.6 Å². The summed E-state index contributed by atoms with van der Waals surface area (Å²) in [6.45, 7) is 4.17. The summed E-state index contributed by atoms with van der Waals surface area (Å²) in [5.74, 6) is 0.928. The standard InChI is InChI=1S/C16H23N5O/c1-11(2)14-10-12(18-21(14)6)16(22)20(5)13-8-7-9-17-15(13)19(3)4/h7-11H,1-6H3. The van der Waals surface area contributed by atoms with Crippen LogP contribution in [0.2, 0.25) is 0 Å². The number of anilines is 2. The second-order valence-corrected chi connectivity index (χ2v) is 5.84. The van der Waals surface area contributed by atoms with Gasteiger partial charge in [0.2, 0.25) is 0 Å². The largest absolute Gasteiger partial charge is 0.361 e. The summed E-state index contributed by atoms with van der Waals surface area (Å²) in [5.41, 5.74) is 2.24. The Hall–Kier alpha value is -2.37. The number of pyridine rings is 1. The third-order valence-electron chi connectivity index (χ3n) is 3.58. The monoisotopic (exact) mass is 301 g/mol. The van der Waals surface area contributed by atoms with Crippen LogP contribution in [0.5, 0.6) is 0 Å². The minimum absolute atomic E-state index is 0.140. The van der Waals surface area contributed by atoms with Crippen LogP contribution in [0.25, 0.3) is 0 Å². The van der Waals surface area contributed by atoms with Gasteiger partial charge in [-0.15, -0.1) is 0 Å². The molecule has 22 heavy (non-hydrogen) atoms. The highest BCUT2D eigenvalue weighted by molar-refractivity contribution is 6.05. The lowest BCUT2D eigenvalue weighted by atomic mass is 10.1. The molecule has 0 saturated heterocycles. The molecular weight excluding hydrogens is 278 g/mol. The fraction of sp³-hybridized carbons (Fsp3) is 0.438. The van der Waals surface area contributed by atoms with Gasteiger partial charge in [-0.2, -0.15) is 5.10 Å². The van der Waals surface area contributed by atoms with Crippen molar-refractivity contribution >= 4 is 17.4 Å². The molecule has 0 aromatic carbocycles. The normalized spacial score (nSPS) is 10.9. The Balaban J connectivity index is 2.36. The lowest BCUT2D eigenvalue weighted by molar-refractivity contribution is 0.0987. The molecule has 2 rings (SSSR count). The van der Waals surface area contributed by atoms with Gasteiger partial charge in [-0.25, -0.2) is 4.98 Å². The van der Waals surface area contributed by atoms with Gasteiger partial charge in [0.1, 0.15) is 0 Å². The summed E-state index contributed by atoms with van der Waals surface area (Å²) in [4.78, 5) is 20.5. The van der Waals surface area contributed by atoms with Gasteiger partial charge in [0.05, 0.1) is 5.69 Å². The molecule has 0 bridgehead atoms. The van der Waals surface area contributed by atoms with Crippen molar-refractivity contribution in [3.05, 3.63) is 35.8 Å². The number of aryl methyl sites for hydroxylation is 1. The van der Waals surface area contributed by atoms with Crippen LogP contribution in [-0.4, -0.2) is 41.8 Å². The Morgan fingerprint density at radius 1 is 1.27 bits per heavy atom. The molecule has 0 aliphatic rings. The van der Waals surface area contributed by atoms with E-state index in [2.05, 4.69) is 23.9 Å². The smallest absolute Gasteiger partial charge is 0.278 e. The fourth-order valence-electron chi connectivity index (χ4n) is 2.40.